The third kappa shape index (κ3) is 4.41. The van der Waals surface area contributed by atoms with Crippen LogP contribution < -0.4 is 19.5 Å². The van der Waals surface area contributed by atoms with Crippen molar-refractivity contribution in [2.75, 3.05) is 26.1 Å². The Bertz CT molecular complexity index is 695. The predicted octanol–water partition coefficient (Wildman–Crippen LogP) is 3.65. The van der Waals surface area contributed by atoms with E-state index in [1.165, 1.54) is 5.56 Å². The maximum Gasteiger partial charge on any atom is 0.262 e. The van der Waals surface area contributed by atoms with Crippen LogP contribution in [0.4, 0.5) is 5.69 Å². The van der Waals surface area contributed by atoms with Crippen molar-refractivity contribution in [1.82, 2.24) is 0 Å². The second kappa shape index (κ2) is 7.73. The Labute approximate surface area is 142 Å². The molecule has 0 bridgehead atoms. The Hall–Kier alpha value is -2.69. The Morgan fingerprint density at radius 3 is 1.88 bits per heavy atom. The summed E-state index contributed by atoms with van der Waals surface area (Å²) in [4.78, 5) is 12.2. The third-order valence-electron chi connectivity index (χ3n) is 3.64. The minimum Gasteiger partial charge on any atom is -0.496 e. The second-order valence-corrected chi connectivity index (χ2v) is 5.66. The van der Waals surface area contributed by atoms with Gasteiger partial charge < -0.3 is 19.5 Å². The first-order valence-corrected chi connectivity index (χ1v) is 7.66. The van der Waals surface area contributed by atoms with E-state index in [2.05, 4.69) is 5.32 Å². The molecule has 128 valence electrons. The molecule has 0 saturated heterocycles. The van der Waals surface area contributed by atoms with Crippen molar-refractivity contribution in [2.24, 2.45) is 0 Å². The number of hydrogen-bond donors (Lipinski definition) is 1. The molecule has 5 nitrogen and oxygen atoms in total. The SMILES string of the molecule is COc1cc(OC)cc(OCC(=O)Nc2c(C)cc(C)cc2C)c1. The highest BCUT2D eigenvalue weighted by Gasteiger charge is 2.10. The van der Waals surface area contributed by atoms with Crippen LogP contribution in [0.25, 0.3) is 0 Å². The minimum absolute atomic E-state index is 0.0942. The number of anilines is 1. The summed E-state index contributed by atoms with van der Waals surface area (Å²) in [6.45, 7) is 5.89. The fraction of sp³-hybridized carbons (Fsp3) is 0.316. The van der Waals surface area contributed by atoms with Gasteiger partial charge in [-0.25, -0.2) is 0 Å². The highest BCUT2D eigenvalue weighted by atomic mass is 16.5. The number of hydrogen-bond acceptors (Lipinski definition) is 4. The molecule has 1 N–H and O–H groups in total. The van der Waals surface area contributed by atoms with Gasteiger partial charge in [-0.2, -0.15) is 0 Å². The molecule has 0 unspecified atom stereocenters. The van der Waals surface area contributed by atoms with Crippen LogP contribution in [0, 0.1) is 20.8 Å². The first-order chi connectivity index (χ1) is 11.4. The number of carbonyl (C=O) groups is 1. The lowest BCUT2D eigenvalue weighted by Crippen LogP contribution is -2.21. The van der Waals surface area contributed by atoms with Gasteiger partial charge in [0.15, 0.2) is 6.61 Å². The molecule has 0 aliphatic rings. The lowest BCUT2D eigenvalue weighted by molar-refractivity contribution is -0.118. The van der Waals surface area contributed by atoms with E-state index in [9.17, 15) is 4.79 Å². The topological polar surface area (TPSA) is 56.8 Å². The van der Waals surface area contributed by atoms with Crippen molar-refractivity contribution in [2.45, 2.75) is 20.8 Å². The Kier molecular flexibility index (Phi) is 5.68. The van der Waals surface area contributed by atoms with Crippen LogP contribution in [-0.4, -0.2) is 26.7 Å². The van der Waals surface area contributed by atoms with Crippen molar-refractivity contribution in [3.63, 3.8) is 0 Å². The van der Waals surface area contributed by atoms with Gasteiger partial charge >= 0.3 is 0 Å². The molecule has 24 heavy (non-hydrogen) atoms. The van der Waals surface area contributed by atoms with Gasteiger partial charge in [-0.05, 0) is 31.9 Å². The predicted molar refractivity (Wildman–Crippen MR) is 94.3 cm³/mol. The number of methoxy groups -OCH3 is 2. The summed E-state index contributed by atoms with van der Waals surface area (Å²) in [6, 6.07) is 9.23. The summed E-state index contributed by atoms with van der Waals surface area (Å²) in [5.74, 6) is 1.51. The molecule has 2 aromatic carbocycles. The second-order valence-electron chi connectivity index (χ2n) is 5.66. The summed E-state index contributed by atoms with van der Waals surface area (Å²) < 4.78 is 15.9. The van der Waals surface area contributed by atoms with Crippen LogP contribution in [0.5, 0.6) is 17.2 Å². The van der Waals surface area contributed by atoms with Gasteiger partial charge in [0.2, 0.25) is 0 Å². The number of carbonyl (C=O) groups excluding carboxylic acids is 1. The molecular formula is C19H23NO4. The molecule has 2 aromatic rings. The normalized spacial score (nSPS) is 10.2. The standard InChI is InChI=1S/C19H23NO4/c1-12-6-13(2)19(14(3)7-12)20-18(21)11-24-17-9-15(22-4)8-16(10-17)23-5/h6-10H,11H2,1-5H3,(H,20,21). The summed E-state index contributed by atoms with van der Waals surface area (Å²) in [6.07, 6.45) is 0. The largest absolute Gasteiger partial charge is 0.496 e. The minimum atomic E-state index is -0.216. The molecule has 0 heterocycles. The first kappa shape index (κ1) is 17.7. The van der Waals surface area contributed by atoms with Gasteiger partial charge in [0.1, 0.15) is 17.2 Å². The van der Waals surface area contributed by atoms with Gasteiger partial charge in [-0.15, -0.1) is 0 Å². The molecule has 0 radical (unpaired) electrons. The average molecular weight is 329 g/mol. The Morgan fingerprint density at radius 1 is 0.875 bits per heavy atom. The number of amides is 1. The van der Waals surface area contributed by atoms with Crippen molar-refractivity contribution in [3.8, 4) is 17.2 Å². The van der Waals surface area contributed by atoms with Crippen molar-refractivity contribution in [3.05, 3.63) is 47.0 Å². The van der Waals surface area contributed by atoms with Crippen molar-refractivity contribution < 1.29 is 19.0 Å². The number of benzene rings is 2. The van der Waals surface area contributed by atoms with E-state index in [1.807, 2.05) is 32.9 Å². The van der Waals surface area contributed by atoms with Gasteiger partial charge in [0.05, 0.1) is 14.2 Å². The quantitative estimate of drug-likeness (QED) is 0.879. The van der Waals surface area contributed by atoms with Crippen LogP contribution in [0.1, 0.15) is 16.7 Å². The number of nitrogens with one attached hydrogen (secondary N) is 1. The van der Waals surface area contributed by atoms with E-state index in [0.29, 0.717) is 17.2 Å². The maximum absolute atomic E-state index is 12.2. The van der Waals surface area contributed by atoms with E-state index in [0.717, 1.165) is 16.8 Å². The lowest BCUT2D eigenvalue weighted by Gasteiger charge is -2.14. The molecule has 0 atom stereocenters. The molecule has 0 aliphatic heterocycles. The van der Waals surface area contributed by atoms with E-state index < -0.39 is 0 Å². The summed E-state index contributed by atoms with van der Waals surface area (Å²) in [5, 5.41) is 2.91. The number of rotatable bonds is 6. The van der Waals surface area contributed by atoms with E-state index in [1.54, 1.807) is 32.4 Å². The molecule has 5 heteroatoms. The summed E-state index contributed by atoms with van der Waals surface area (Å²) >= 11 is 0. The van der Waals surface area contributed by atoms with E-state index >= 15 is 0 Å². The molecule has 0 aliphatic carbocycles. The molecule has 1 amide bonds. The molecule has 0 aromatic heterocycles. The zero-order chi connectivity index (χ0) is 17.7. The Balaban J connectivity index is 2.04. The third-order valence-corrected chi connectivity index (χ3v) is 3.64. The van der Waals surface area contributed by atoms with Gasteiger partial charge in [0.25, 0.3) is 5.91 Å². The van der Waals surface area contributed by atoms with Gasteiger partial charge in [-0.3, -0.25) is 4.79 Å². The highest BCUT2D eigenvalue weighted by Crippen LogP contribution is 2.27. The molecular weight excluding hydrogens is 306 g/mol. The number of ether oxygens (including phenoxy) is 3. The Morgan fingerprint density at radius 2 is 1.38 bits per heavy atom. The fourth-order valence-electron chi connectivity index (χ4n) is 2.57. The van der Waals surface area contributed by atoms with Crippen molar-refractivity contribution >= 4 is 11.6 Å². The highest BCUT2D eigenvalue weighted by molar-refractivity contribution is 5.93. The lowest BCUT2D eigenvalue weighted by atomic mass is 10.1. The molecule has 2 rings (SSSR count). The fourth-order valence-corrected chi connectivity index (χ4v) is 2.57. The molecule has 0 spiro atoms. The van der Waals surface area contributed by atoms with Crippen LogP contribution >= 0.6 is 0 Å². The van der Waals surface area contributed by atoms with Crippen LogP contribution in [-0.2, 0) is 4.79 Å². The smallest absolute Gasteiger partial charge is 0.262 e. The monoisotopic (exact) mass is 329 g/mol. The zero-order valence-corrected chi connectivity index (χ0v) is 14.7. The van der Waals surface area contributed by atoms with E-state index in [-0.39, 0.29) is 12.5 Å². The van der Waals surface area contributed by atoms with Crippen LogP contribution in [0.3, 0.4) is 0 Å². The molecule has 0 fully saturated rings. The first-order valence-electron chi connectivity index (χ1n) is 7.66. The van der Waals surface area contributed by atoms with Gasteiger partial charge in [-0.1, -0.05) is 17.7 Å². The average Bonchev–Trinajstić information content (AvgIpc) is 2.55. The van der Waals surface area contributed by atoms with Crippen LogP contribution in [0.2, 0.25) is 0 Å². The summed E-state index contributed by atoms with van der Waals surface area (Å²) in [7, 11) is 3.13. The summed E-state index contributed by atoms with van der Waals surface area (Å²) in [5.41, 5.74) is 4.06. The number of aryl methyl sites for hydroxylation is 3. The van der Waals surface area contributed by atoms with Crippen LogP contribution in [0.15, 0.2) is 30.3 Å². The molecule has 0 saturated carbocycles. The van der Waals surface area contributed by atoms with Gasteiger partial charge in [0, 0.05) is 23.9 Å². The van der Waals surface area contributed by atoms with E-state index in [4.69, 9.17) is 14.2 Å². The zero-order valence-electron chi connectivity index (χ0n) is 14.7. The maximum atomic E-state index is 12.2. The van der Waals surface area contributed by atoms with Crippen molar-refractivity contribution in [1.29, 1.82) is 0 Å².